The molecule has 6 nitrogen and oxygen atoms in total. The second-order valence-electron chi connectivity index (χ2n) is 3.98. The van der Waals surface area contributed by atoms with Crippen molar-refractivity contribution in [2.45, 2.75) is 19.4 Å². The highest BCUT2D eigenvalue weighted by Crippen LogP contribution is 2.18. The van der Waals surface area contributed by atoms with Crippen LogP contribution in [-0.2, 0) is 4.74 Å². The Labute approximate surface area is 104 Å². The number of ether oxygens (including phenoxy) is 1. The summed E-state index contributed by atoms with van der Waals surface area (Å²) in [6, 6.07) is 5.52. The summed E-state index contributed by atoms with van der Waals surface area (Å²) in [5.41, 5.74) is -0.892. The number of nitrogens with one attached hydrogen (secondary N) is 1. The number of rotatable bonds is 3. The molecule has 18 heavy (non-hydrogen) atoms. The molecule has 0 aromatic heterocycles. The predicted octanol–water partition coefficient (Wildman–Crippen LogP) is 2.56. The molecule has 0 aliphatic carbocycles. The van der Waals surface area contributed by atoms with Crippen molar-refractivity contribution in [3.8, 4) is 12.3 Å². The number of nitrogens with zero attached hydrogens (tertiary/aromatic N) is 1. The number of anilines is 1. The van der Waals surface area contributed by atoms with Gasteiger partial charge in [0.1, 0.15) is 0 Å². The smallest absolute Gasteiger partial charge is 0.413 e. The van der Waals surface area contributed by atoms with E-state index in [4.69, 9.17) is 11.2 Å². The van der Waals surface area contributed by atoms with Gasteiger partial charge < -0.3 is 4.74 Å². The van der Waals surface area contributed by atoms with Crippen LogP contribution in [0.4, 0.5) is 16.2 Å². The molecule has 6 heteroatoms. The monoisotopic (exact) mass is 248 g/mol. The maximum atomic E-state index is 11.5. The molecule has 0 saturated carbocycles. The molecule has 0 fully saturated rings. The Kier molecular flexibility index (Phi) is 3.89. The van der Waals surface area contributed by atoms with Crippen LogP contribution in [-0.4, -0.2) is 16.6 Å². The fraction of sp³-hybridized carbons (Fsp3) is 0.250. The Morgan fingerprint density at radius 1 is 1.56 bits per heavy atom. The van der Waals surface area contributed by atoms with Gasteiger partial charge in [-0.1, -0.05) is 12.0 Å². The van der Waals surface area contributed by atoms with Gasteiger partial charge in [0, 0.05) is 12.1 Å². The second-order valence-corrected chi connectivity index (χ2v) is 3.98. The largest absolute Gasteiger partial charge is 0.430 e. The molecule has 0 bridgehead atoms. The summed E-state index contributed by atoms with van der Waals surface area (Å²) in [6.45, 7) is 3.11. The Hall–Kier alpha value is -2.55. The lowest BCUT2D eigenvalue weighted by Crippen LogP contribution is -2.28. The fourth-order valence-corrected chi connectivity index (χ4v) is 1.10. The van der Waals surface area contributed by atoms with Gasteiger partial charge >= 0.3 is 6.09 Å². The Morgan fingerprint density at radius 3 is 2.78 bits per heavy atom. The molecule has 0 aliphatic rings. The van der Waals surface area contributed by atoms with E-state index < -0.39 is 16.6 Å². The maximum Gasteiger partial charge on any atom is 0.413 e. The zero-order valence-corrected chi connectivity index (χ0v) is 9.97. The molecule has 0 atom stereocenters. The number of benzene rings is 1. The van der Waals surface area contributed by atoms with Gasteiger partial charge in [0.05, 0.1) is 10.6 Å². The van der Waals surface area contributed by atoms with Gasteiger partial charge in [-0.3, -0.25) is 15.4 Å². The normalized spacial score (nSPS) is 10.3. The summed E-state index contributed by atoms with van der Waals surface area (Å²) in [5, 5.41) is 12.9. The SMILES string of the molecule is C#CC(C)(C)OC(=O)Nc1cccc([N+](=O)[O-])c1. The number of carbonyl (C=O) groups is 1. The third-order valence-corrected chi connectivity index (χ3v) is 2.00. The molecular weight excluding hydrogens is 236 g/mol. The number of terminal acetylenes is 1. The van der Waals surface area contributed by atoms with Crippen LogP contribution in [0.25, 0.3) is 0 Å². The van der Waals surface area contributed by atoms with Gasteiger partial charge in [0.2, 0.25) is 0 Å². The van der Waals surface area contributed by atoms with Crippen molar-refractivity contribution < 1.29 is 14.5 Å². The number of nitro benzene ring substituents is 1. The first-order valence-electron chi connectivity index (χ1n) is 5.06. The highest BCUT2D eigenvalue weighted by Gasteiger charge is 2.19. The molecule has 1 rings (SSSR count). The predicted molar refractivity (Wildman–Crippen MR) is 66.1 cm³/mol. The second kappa shape index (κ2) is 5.19. The number of carbonyl (C=O) groups excluding carboxylic acids is 1. The third-order valence-electron chi connectivity index (χ3n) is 2.00. The molecule has 0 radical (unpaired) electrons. The number of hydrogen-bond acceptors (Lipinski definition) is 4. The summed E-state index contributed by atoms with van der Waals surface area (Å²) in [6.07, 6.45) is 4.40. The Balaban J connectivity index is 2.74. The van der Waals surface area contributed by atoms with Crippen LogP contribution in [0.1, 0.15) is 13.8 Å². The van der Waals surface area contributed by atoms with Crippen LogP contribution in [0, 0.1) is 22.5 Å². The van der Waals surface area contributed by atoms with Gasteiger partial charge in [0.15, 0.2) is 5.60 Å². The summed E-state index contributed by atoms with van der Waals surface area (Å²) in [5.74, 6) is 2.30. The van der Waals surface area contributed by atoms with Gasteiger partial charge in [-0.2, -0.15) is 0 Å². The van der Waals surface area contributed by atoms with E-state index in [0.717, 1.165) is 0 Å². The van der Waals surface area contributed by atoms with Gasteiger partial charge in [-0.15, -0.1) is 6.42 Å². The van der Waals surface area contributed by atoms with Gasteiger partial charge in [-0.25, -0.2) is 4.79 Å². The molecule has 94 valence electrons. The van der Waals surface area contributed by atoms with Crippen molar-refractivity contribution in [2.24, 2.45) is 0 Å². The van der Waals surface area contributed by atoms with Crippen LogP contribution in [0.15, 0.2) is 24.3 Å². The molecule has 1 N–H and O–H groups in total. The summed E-state index contributed by atoms with van der Waals surface area (Å²) < 4.78 is 4.94. The Morgan fingerprint density at radius 2 is 2.22 bits per heavy atom. The molecule has 0 saturated heterocycles. The van der Waals surface area contributed by atoms with E-state index in [-0.39, 0.29) is 11.4 Å². The zero-order valence-electron chi connectivity index (χ0n) is 9.97. The molecule has 1 amide bonds. The van der Waals surface area contributed by atoms with E-state index in [9.17, 15) is 14.9 Å². The molecule has 1 aromatic rings. The standard InChI is InChI=1S/C12H12N2O4/c1-4-12(2,3)18-11(15)13-9-6-5-7-10(8-9)14(16)17/h1,5-8H,2-3H3,(H,13,15). The van der Waals surface area contributed by atoms with Crippen LogP contribution in [0.5, 0.6) is 0 Å². The van der Waals surface area contributed by atoms with Gasteiger partial charge in [-0.05, 0) is 19.9 Å². The lowest BCUT2D eigenvalue weighted by Gasteiger charge is -2.18. The topological polar surface area (TPSA) is 81.5 Å². The lowest BCUT2D eigenvalue weighted by molar-refractivity contribution is -0.384. The first kappa shape index (κ1) is 13.5. The summed E-state index contributed by atoms with van der Waals surface area (Å²) in [4.78, 5) is 21.5. The summed E-state index contributed by atoms with van der Waals surface area (Å²) >= 11 is 0. The average Bonchev–Trinajstić information content (AvgIpc) is 2.28. The van der Waals surface area contributed by atoms with Crippen LogP contribution >= 0.6 is 0 Å². The molecule has 0 unspecified atom stereocenters. The van der Waals surface area contributed by atoms with E-state index in [1.54, 1.807) is 13.8 Å². The minimum atomic E-state index is -1.04. The highest BCUT2D eigenvalue weighted by molar-refractivity contribution is 5.85. The number of hydrogen-bond donors (Lipinski definition) is 1. The summed E-state index contributed by atoms with van der Waals surface area (Å²) in [7, 11) is 0. The lowest BCUT2D eigenvalue weighted by atomic mass is 10.1. The van der Waals surface area contributed by atoms with Crippen molar-refractivity contribution in [3.63, 3.8) is 0 Å². The molecule has 0 spiro atoms. The minimum absolute atomic E-state index is 0.121. The Bertz CT molecular complexity index is 517. The highest BCUT2D eigenvalue weighted by atomic mass is 16.6. The van der Waals surface area contributed by atoms with Crippen LogP contribution in [0.3, 0.4) is 0 Å². The quantitative estimate of drug-likeness (QED) is 0.506. The average molecular weight is 248 g/mol. The fourth-order valence-electron chi connectivity index (χ4n) is 1.10. The van der Waals surface area contributed by atoms with Crippen molar-refractivity contribution in [3.05, 3.63) is 34.4 Å². The van der Waals surface area contributed by atoms with Crippen molar-refractivity contribution in [1.29, 1.82) is 0 Å². The zero-order chi connectivity index (χ0) is 13.8. The van der Waals surface area contributed by atoms with E-state index in [0.29, 0.717) is 0 Å². The van der Waals surface area contributed by atoms with E-state index in [1.165, 1.54) is 24.3 Å². The molecule has 1 aromatic carbocycles. The van der Waals surface area contributed by atoms with Crippen molar-refractivity contribution in [2.75, 3.05) is 5.32 Å². The van der Waals surface area contributed by atoms with E-state index in [2.05, 4.69) is 11.2 Å². The first-order chi connectivity index (χ1) is 8.34. The molecular formula is C12H12N2O4. The molecule has 0 heterocycles. The number of amides is 1. The van der Waals surface area contributed by atoms with E-state index >= 15 is 0 Å². The molecule has 0 aliphatic heterocycles. The number of non-ortho nitro benzene ring substituents is 1. The van der Waals surface area contributed by atoms with Crippen molar-refractivity contribution in [1.82, 2.24) is 0 Å². The third kappa shape index (κ3) is 3.79. The van der Waals surface area contributed by atoms with E-state index in [1.807, 2.05) is 0 Å². The maximum absolute atomic E-state index is 11.5. The number of nitro groups is 1. The van der Waals surface area contributed by atoms with Crippen LogP contribution < -0.4 is 5.32 Å². The van der Waals surface area contributed by atoms with Crippen molar-refractivity contribution >= 4 is 17.5 Å². The van der Waals surface area contributed by atoms with Gasteiger partial charge in [0.25, 0.3) is 5.69 Å². The first-order valence-corrected chi connectivity index (χ1v) is 5.06. The minimum Gasteiger partial charge on any atom is -0.430 e. The van der Waals surface area contributed by atoms with Crippen LogP contribution in [0.2, 0.25) is 0 Å².